The first kappa shape index (κ1) is 16.4. The zero-order valence-corrected chi connectivity index (χ0v) is 14.9. The quantitative estimate of drug-likeness (QED) is 0.784. The highest BCUT2D eigenvalue weighted by Gasteiger charge is 2.17. The van der Waals surface area contributed by atoms with Crippen LogP contribution in [0, 0.1) is 13.8 Å². The minimum absolute atomic E-state index is 0.131. The van der Waals surface area contributed by atoms with Gasteiger partial charge in [0.05, 0.1) is 34.9 Å². The number of pyridine rings is 1. The van der Waals surface area contributed by atoms with Crippen LogP contribution in [-0.2, 0) is 0 Å². The summed E-state index contributed by atoms with van der Waals surface area (Å²) in [6, 6.07) is 7.20. The molecule has 0 aliphatic rings. The van der Waals surface area contributed by atoms with E-state index in [0.29, 0.717) is 5.56 Å². The van der Waals surface area contributed by atoms with Gasteiger partial charge in [0.25, 0.3) is 5.91 Å². The number of aromatic nitrogens is 2. The number of fused-ring (bicyclic) bond motifs is 1. The van der Waals surface area contributed by atoms with Crippen LogP contribution in [0.25, 0.3) is 10.9 Å². The number of aryl methyl sites for hydroxylation is 2. The standard InChI is InChI=1S/C18H19N3O2S/c1-10-7-15(14-6-5-13(23-4)8-16(14)19-10)18(22)20-11(2)17-9-24-12(3)21-17/h5-9,11H,1-4H3,(H,20,22). The summed E-state index contributed by atoms with van der Waals surface area (Å²) in [7, 11) is 1.61. The zero-order valence-electron chi connectivity index (χ0n) is 14.1. The van der Waals surface area contributed by atoms with Crippen molar-refractivity contribution in [2.24, 2.45) is 0 Å². The van der Waals surface area contributed by atoms with Crippen molar-refractivity contribution in [2.45, 2.75) is 26.8 Å². The molecule has 0 saturated heterocycles. The Balaban J connectivity index is 1.94. The number of hydrogen-bond acceptors (Lipinski definition) is 5. The van der Waals surface area contributed by atoms with E-state index in [9.17, 15) is 4.79 Å². The number of ether oxygens (including phenoxy) is 1. The summed E-state index contributed by atoms with van der Waals surface area (Å²) in [5, 5.41) is 6.79. The molecular formula is C18H19N3O2S. The van der Waals surface area contributed by atoms with Crippen LogP contribution in [-0.4, -0.2) is 23.0 Å². The maximum Gasteiger partial charge on any atom is 0.252 e. The van der Waals surface area contributed by atoms with E-state index in [2.05, 4.69) is 15.3 Å². The topological polar surface area (TPSA) is 64.1 Å². The smallest absolute Gasteiger partial charge is 0.252 e. The molecule has 0 radical (unpaired) electrons. The van der Waals surface area contributed by atoms with Gasteiger partial charge in [-0.05, 0) is 39.0 Å². The summed E-state index contributed by atoms with van der Waals surface area (Å²) < 4.78 is 5.24. The molecular weight excluding hydrogens is 322 g/mol. The van der Waals surface area contributed by atoms with Crippen molar-refractivity contribution in [3.8, 4) is 5.75 Å². The summed E-state index contributed by atoms with van der Waals surface area (Å²) in [4.78, 5) is 21.7. The number of methoxy groups -OCH3 is 1. The van der Waals surface area contributed by atoms with Crippen LogP contribution in [0.5, 0.6) is 5.75 Å². The number of nitrogens with zero attached hydrogens (tertiary/aromatic N) is 2. The summed E-state index contributed by atoms with van der Waals surface area (Å²) in [6.07, 6.45) is 0. The Kier molecular flexibility index (Phi) is 4.49. The molecule has 24 heavy (non-hydrogen) atoms. The highest BCUT2D eigenvalue weighted by atomic mass is 32.1. The van der Waals surface area contributed by atoms with E-state index in [-0.39, 0.29) is 11.9 Å². The van der Waals surface area contributed by atoms with Gasteiger partial charge in [0.15, 0.2) is 0 Å². The highest BCUT2D eigenvalue weighted by molar-refractivity contribution is 7.09. The molecule has 0 saturated carbocycles. The van der Waals surface area contributed by atoms with Crippen LogP contribution >= 0.6 is 11.3 Å². The molecule has 3 aromatic rings. The number of nitrogens with one attached hydrogen (secondary N) is 1. The molecule has 5 nitrogen and oxygen atoms in total. The highest BCUT2D eigenvalue weighted by Crippen LogP contribution is 2.24. The van der Waals surface area contributed by atoms with Crippen molar-refractivity contribution in [2.75, 3.05) is 7.11 Å². The number of carbonyl (C=O) groups excluding carboxylic acids is 1. The molecule has 0 spiro atoms. The minimum Gasteiger partial charge on any atom is -0.497 e. The molecule has 1 unspecified atom stereocenters. The fourth-order valence-electron chi connectivity index (χ4n) is 2.58. The SMILES string of the molecule is COc1ccc2c(C(=O)NC(C)c3csc(C)n3)cc(C)nc2c1. The average Bonchev–Trinajstić information content (AvgIpc) is 2.99. The van der Waals surface area contributed by atoms with Gasteiger partial charge in [-0.3, -0.25) is 9.78 Å². The van der Waals surface area contributed by atoms with Crippen molar-refractivity contribution in [3.05, 3.63) is 51.6 Å². The maximum absolute atomic E-state index is 12.8. The van der Waals surface area contributed by atoms with Gasteiger partial charge in [0.2, 0.25) is 0 Å². The first-order valence-electron chi connectivity index (χ1n) is 7.66. The second kappa shape index (κ2) is 6.57. The van der Waals surface area contributed by atoms with E-state index in [1.165, 1.54) is 0 Å². The second-order valence-electron chi connectivity index (χ2n) is 5.68. The lowest BCUT2D eigenvalue weighted by molar-refractivity contribution is 0.0940. The van der Waals surface area contributed by atoms with E-state index < -0.39 is 0 Å². The normalized spacial score (nSPS) is 12.2. The molecule has 0 bridgehead atoms. The second-order valence-corrected chi connectivity index (χ2v) is 6.74. The first-order valence-corrected chi connectivity index (χ1v) is 8.54. The van der Waals surface area contributed by atoms with E-state index in [1.54, 1.807) is 18.4 Å². The first-order chi connectivity index (χ1) is 11.5. The number of thiazole rings is 1. The van der Waals surface area contributed by atoms with Gasteiger partial charge in [0, 0.05) is 22.5 Å². The lowest BCUT2D eigenvalue weighted by Crippen LogP contribution is -2.27. The largest absolute Gasteiger partial charge is 0.497 e. The van der Waals surface area contributed by atoms with Crippen LogP contribution in [0.1, 0.15) is 39.7 Å². The molecule has 124 valence electrons. The van der Waals surface area contributed by atoms with Crippen molar-refractivity contribution in [3.63, 3.8) is 0 Å². The van der Waals surface area contributed by atoms with Crippen molar-refractivity contribution >= 4 is 28.1 Å². The van der Waals surface area contributed by atoms with Crippen molar-refractivity contribution in [1.82, 2.24) is 15.3 Å². The zero-order chi connectivity index (χ0) is 17.3. The van der Waals surface area contributed by atoms with Crippen LogP contribution in [0.15, 0.2) is 29.6 Å². The molecule has 1 N–H and O–H groups in total. The van der Waals surface area contributed by atoms with Crippen LogP contribution in [0.3, 0.4) is 0 Å². The third-order valence-electron chi connectivity index (χ3n) is 3.82. The minimum atomic E-state index is -0.149. The molecule has 1 atom stereocenters. The molecule has 2 aromatic heterocycles. The van der Waals surface area contributed by atoms with Crippen molar-refractivity contribution in [1.29, 1.82) is 0 Å². The Bertz CT molecular complexity index is 904. The Labute approximate surface area is 144 Å². The van der Waals surface area contributed by atoms with Gasteiger partial charge >= 0.3 is 0 Å². The number of hydrogen-bond donors (Lipinski definition) is 1. The van der Waals surface area contributed by atoms with Crippen LogP contribution in [0.4, 0.5) is 0 Å². The van der Waals surface area contributed by atoms with E-state index in [1.807, 2.05) is 50.4 Å². The number of benzene rings is 1. The Morgan fingerprint density at radius 3 is 2.71 bits per heavy atom. The predicted molar refractivity (Wildman–Crippen MR) is 95.8 cm³/mol. The Morgan fingerprint density at radius 1 is 1.25 bits per heavy atom. The van der Waals surface area contributed by atoms with Gasteiger partial charge in [0.1, 0.15) is 5.75 Å². The number of carbonyl (C=O) groups is 1. The third kappa shape index (κ3) is 3.23. The number of amides is 1. The van der Waals surface area contributed by atoms with E-state index in [4.69, 9.17) is 4.74 Å². The van der Waals surface area contributed by atoms with Gasteiger partial charge in [-0.25, -0.2) is 4.98 Å². The lowest BCUT2D eigenvalue weighted by Gasteiger charge is -2.14. The molecule has 1 aromatic carbocycles. The van der Waals surface area contributed by atoms with Gasteiger partial charge in [-0.15, -0.1) is 11.3 Å². The molecule has 1 amide bonds. The van der Waals surface area contributed by atoms with Gasteiger partial charge in [-0.2, -0.15) is 0 Å². The molecule has 0 aliphatic carbocycles. The summed E-state index contributed by atoms with van der Waals surface area (Å²) in [5.41, 5.74) is 3.02. The summed E-state index contributed by atoms with van der Waals surface area (Å²) in [6.45, 7) is 5.77. The monoisotopic (exact) mass is 341 g/mol. The Morgan fingerprint density at radius 2 is 2.04 bits per heavy atom. The fourth-order valence-corrected chi connectivity index (χ4v) is 3.29. The van der Waals surface area contributed by atoms with Gasteiger partial charge < -0.3 is 10.1 Å². The number of rotatable bonds is 4. The molecule has 2 heterocycles. The summed E-state index contributed by atoms with van der Waals surface area (Å²) >= 11 is 1.58. The third-order valence-corrected chi connectivity index (χ3v) is 4.61. The maximum atomic E-state index is 12.8. The average molecular weight is 341 g/mol. The molecule has 0 aliphatic heterocycles. The summed E-state index contributed by atoms with van der Waals surface area (Å²) in [5.74, 6) is 0.590. The van der Waals surface area contributed by atoms with Crippen LogP contribution in [0.2, 0.25) is 0 Å². The van der Waals surface area contributed by atoms with E-state index >= 15 is 0 Å². The van der Waals surface area contributed by atoms with E-state index in [0.717, 1.165) is 33.0 Å². The molecule has 0 fully saturated rings. The molecule has 6 heteroatoms. The lowest BCUT2D eigenvalue weighted by atomic mass is 10.1. The fraction of sp³-hybridized carbons (Fsp3) is 0.278. The predicted octanol–water partition coefficient (Wildman–Crippen LogP) is 3.81. The van der Waals surface area contributed by atoms with Crippen molar-refractivity contribution < 1.29 is 9.53 Å². The van der Waals surface area contributed by atoms with Gasteiger partial charge in [-0.1, -0.05) is 0 Å². The Hall–Kier alpha value is -2.47. The molecule has 3 rings (SSSR count). The van der Waals surface area contributed by atoms with Crippen LogP contribution < -0.4 is 10.1 Å².